The Labute approximate surface area is 91.9 Å². The number of nitrogens with zero attached hydrogens (tertiary/aromatic N) is 1. The first kappa shape index (κ1) is 13.6. The molecule has 0 aliphatic heterocycles. The van der Waals surface area contributed by atoms with Crippen molar-refractivity contribution in [3.63, 3.8) is 0 Å². The van der Waals surface area contributed by atoms with Crippen LogP contribution in [0, 0.1) is 5.92 Å². The van der Waals surface area contributed by atoms with Gasteiger partial charge >= 0.3 is 0 Å². The molecule has 3 nitrogen and oxygen atoms in total. The Hall–Kier alpha value is -1.38. The molecule has 0 aromatic carbocycles. The van der Waals surface area contributed by atoms with Crippen LogP contribution < -0.4 is 5.32 Å². The molecule has 0 bridgehead atoms. The summed E-state index contributed by atoms with van der Waals surface area (Å²) in [7, 11) is 0. The first-order valence-electron chi connectivity index (χ1n) is 5.22. The Morgan fingerprint density at radius 3 is 2.60 bits per heavy atom. The maximum Gasteiger partial charge on any atom is 0.207 e. The molecule has 84 valence electrons. The summed E-state index contributed by atoms with van der Waals surface area (Å²) in [6.07, 6.45) is 5.08. The second kappa shape index (κ2) is 9.19. The number of pyridine rings is 1. The van der Waals surface area contributed by atoms with Crippen molar-refractivity contribution in [3.05, 3.63) is 30.1 Å². The maximum absolute atomic E-state index is 9.87. The van der Waals surface area contributed by atoms with Crippen molar-refractivity contribution >= 4 is 6.41 Å². The standard InChI is InChI=1S/C8H10N2O.C4H10/c11-7-10-5-3-8-2-1-4-9-6-8;1-4(2)3/h1-2,4,6-7H,3,5H2,(H,10,11);4H,1-3H3. The van der Waals surface area contributed by atoms with Gasteiger partial charge in [0.1, 0.15) is 0 Å². The fourth-order valence-corrected chi connectivity index (χ4v) is 0.821. The predicted molar refractivity (Wildman–Crippen MR) is 62.5 cm³/mol. The summed E-state index contributed by atoms with van der Waals surface area (Å²) in [5.74, 6) is 0.833. The minimum absolute atomic E-state index is 0.676. The average molecular weight is 208 g/mol. The zero-order valence-corrected chi connectivity index (χ0v) is 9.73. The van der Waals surface area contributed by atoms with Gasteiger partial charge in [-0.1, -0.05) is 26.8 Å². The largest absolute Gasteiger partial charge is 0.358 e. The molecule has 1 aromatic rings. The van der Waals surface area contributed by atoms with Crippen molar-refractivity contribution in [2.45, 2.75) is 27.2 Å². The smallest absolute Gasteiger partial charge is 0.207 e. The average Bonchev–Trinajstić information content (AvgIpc) is 2.19. The topological polar surface area (TPSA) is 42.0 Å². The molecule has 0 atom stereocenters. The summed E-state index contributed by atoms with van der Waals surface area (Å²) in [4.78, 5) is 13.8. The van der Waals surface area contributed by atoms with E-state index in [-0.39, 0.29) is 0 Å². The third-order valence-electron chi connectivity index (χ3n) is 1.36. The predicted octanol–water partition coefficient (Wildman–Crippen LogP) is 2.03. The molecule has 1 N–H and O–H groups in total. The van der Waals surface area contributed by atoms with Gasteiger partial charge < -0.3 is 5.32 Å². The van der Waals surface area contributed by atoms with Crippen molar-refractivity contribution in [1.82, 2.24) is 10.3 Å². The number of amides is 1. The van der Waals surface area contributed by atoms with Crippen LogP contribution in [0.4, 0.5) is 0 Å². The molecule has 0 saturated carbocycles. The number of carbonyl (C=O) groups is 1. The van der Waals surface area contributed by atoms with E-state index < -0.39 is 0 Å². The van der Waals surface area contributed by atoms with Crippen molar-refractivity contribution in [3.8, 4) is 0 Å². The molecule has 0 aliphatic rings. The van der Waals surface area contributed by atoms with Crippen molar-refractivity contribution in [2.24, 2.45) is 5.92 Å². The second-order valence-electron chi connectivity index (χ2n) is 3.92. The first-order valence-corrected chi connectivity index (χ1v) is 5.22. The highest BCUT2D eigenvalue weighted by Gasteiger charge is 1.89. The van der Waals surface area contributed by atoms with Gasteiger partial charge in [-0.05, 0) is 24.0 Å². The van der Waals surface area contributed by atoms with Gasteiger partial charge in [0.05, 0.1) is 0 Å². The second-order valence-corrected chi connectivity index (χ2v) is 3.92. The number of rotatable bonds is 4. The van der Waals surface area contributed by atoms with Gasteiger partial charge in [-0.25, -0.2) is 0 Å². The van der Waals surface area contributed by atoms with Crippen LogP contribution in [0.1, 0.15) is 26.3 Å². The number of hydrogen-bond acceptors (Lipinski definition) is 2. The molecule has 0 aliphatic carbocycles. The molecule has 15 heavy (non-hydrogen) atoms. The fraction of sp³-hybridized carbons (Fsp3) is 0.500. The Balaban J connectivity index is 0.000000423. The normalized spacial score (nSPS) is 9.07. The Morgan fingerprint density at radius 1 is 1.47 bits per heavy atom. The van der Waals surface area contributed by atoms with E-state index in [0.29, 0.717) is 13.0 Å². The van der Waals surface area contributed by atoms with Crippen LogP contribution in [0.3, 0.4) is 0 Å². The van der Waals surface area contributed by atoms with E-state index in [1.807, 2.05) is 12.1 Å². The number of aromatic nitrogens is 1. The van der Waals surface area contributed by atoms with Crippen LogP contribution in [0.5, 0.6) is 0 Å². The van der Waals surface area contributed by atoms with Crippen LogP contribution in [-0.4, -0.2) is 17.9 Å². The lowest BCUT2D eigenvalue weighted by molar-refractivity contribution is -0.109. The van der Waals surface area contributed by atoms with Crippen LogP contribution in [0.15, 0.2) is 24.5 Å². The monoisotopic (exact) mass is 208 g/mol. The van der Waals surface area contributed by atoms with Gasteiger partial charge in [0, 0.05) is 18.9 Å². The van der Waals surface area contributed by atoms with Gasteiger partial charge in [0.25, 0.3) is 0 Å². The molecule has 1 amide bonds. The van der Waals surface area contributed by atoms with Crippen LogP contribution in [0.2, 0.25) is 0 Å². The Kier molecular flexibility index (Phi) is 8.34. The number of hydrogen-bond donors (Lipinski definition) is 1. The highest BCUT2D eigenvalue weighted by molar-refractivity contribution is 5.45. The first-order chi connectivity index (χ1) is 7.16. The number of nitrogens with one attached hydrogen (secondary N) is 1. The molecular formula is C12H20N2O. The summed E-state index contributed by atoms with van der Waals surface area (Å²) in [6.45, 7) is 7.18. The zero-order valence-electron chi connectivity index (χ0n) is 9.73. The summed E-state index contributed by atoms with van der Waals surface area (Å²) in [5, 5.41) is 2.59. The van der Waals surface area contributed by atoms with Gasteiger partial charge in [0.2, 0.25) is 6.41 Å². The lowest BCUT2D eigenvalue weighted by atomic mass is 10.2. The molecule has 0 fully saturated rings. The van der Waals surface area contributed by atoms with E-state index in [2.05, 4.69) is 31.1 Å². The highest BCUT2D eigenvalue weighted by Crippen LogP contribution is 1.94. The van der Waals surface area contributed by atoms with E-state index in [1.165, 1.54) is 0 Å². The Bertz CT molecular complexity index is 244. The lowest BCUT2D eigenvalue weighted by Gasteiger charge is -1.97. The molecule has 3 heteroatoms. The summed E-state index contributed by atoms with van der Waals surface area (Å²) >= 11 is 0. The zero-order chi connectivity index (χ0) is 11.5. The van der Waals surface area contributed by atoms with E-state index in [0.717, 1.165) is 17.9 Å². The third kappa shape index (κ3) is 10.5. The SMILES string of the molecule is CC(C)C.O=CNCCc1cccnc1. The van der Waals surface area contributed by atoms with Crippen molar-refractivity contribution in [2.75, 3.05) is 6.54 Å². The van der Waals surface area contributed by atoms with E-state index in [4.69, 9.17) is 0 Å². The van der Waals surface area contributed by atoms with E-state index >= 15 is 0 Å². The minimum Gasteiger partial charge on any atom is -0.358 e. The molecule has 1 heterocycles. The Morgan fingerprint density at radius 2 is 2.13 bits per heavy atom. The van der Waals surface area contributed by atoms with E-state index in [9.17, 15) is 4.79 Å². The fourth-order valence-electron chi connectivity index (χ4n) is 0.821. The molecule has 0 saturated heterocycles. The van der Waals surface area contributed by atoms with Crippen molar-refractivity contribution < 1.29 is 4.79 Å². The minimum atomic E-state index is 0.676. The van der Waals surface area contributed by atoms with Crippen LogP contribution in [-0.2, 0) is 11.2 Å². The quantitative estimate of drug-likeness (QED) is 0.607. The third-order valence-corrected chi connectivity index (χ3v) is 1.36. The molecule has 0 unspecified atom stereocenters. The van der Waals surface area contributed by atoms with Gasteiger partial charge in [-0.3, -0.25) is 9.78 Å². The molecule has 0 radical (unpaired) electrons. The molecule has 1 aromatic heterocycles. The summed E-state index contributed by atoms with van der Waals surface area (Å²) < 4.78 is 0. The highest BCUT2D eigenvalue weighted by atomic mass is 16.1. The number of carbonyl (C=O) groups excluding carboxylic acids is 1. The van der Waals surface area contributed by atoms with Gasteiger partial charge in [-0.2, -0.15) is 0 Å². The van der Waals surface area contributed by atoms with Gasteiger partial charge in [-0.15, -0.1) is 0 Å². The molecular weight excluding hydrogens is 188 g/mol. The molecule has 0 spiro atoms. The van der Waals surface area contributed by atoms with Crippen molar-refractivity contribution in [1.29, 1.82) is 0 Å². The summed E-state index contributed by atoms with van der Waals surface area (Å²) in [6, 6.07) is 3.87. The van der Waals surface area contributed by atoms with Crippen LogP contribution in [0.25, 0.3) is 0 Å². The molecule has 1 rings (SSSR count). The maximum atomic E-state index is 9.87. The summed E-state index contributed by atoms with van der Waals surface area (Å²) in [5.41, 5.74) is 1.14. The van der Waals surface area contributed by atoms with E-state index in [1.54, 1.807) is 12.4 Å². The lowest BCUT2D eigenvalue weighted by Crippen LogP contribution is -2.14. The van der Waals surface area contributed by atoms with Crippen LogP contribution >= 0.6 is 0 Å². The van der Waals surface area contributed by atoms with Gasteiger partial charge in [0.15, 0.2) is 0 Å².